The minimum atomic E-state index is 0.519. The van der Waals surface area contributed by atoms with Crippen LogP contribution < -0.4 is 10.6 Å². The van der Waals surface area contributed by atoms with Crippen LogP contribution in [0.15, 0.2) is 12.1 Å². The molecule has 1 saturated heterocycles. The van der Waals surface area contributed by atoms with Crippen molar-refractivity contribution >= 4 is 17.3 Å². The summed E-state index contributed by atoms with van der Waals surface area (Å²) < 4.78 is 0. The highest BCUT2D eigenvalue weighted by Gasteiger charge is 2.20. The molecule has 3 heteroatoms. The maximum Gasteiger partial charge on any atom is 0.0412 e. The topological polar surface area (TPSA) is 24.1 Å². The first-order valence-electron chi connectivity index (χ1n) is 6.82. The Morgan fingerprint density at radius 3 is 2.33 bits per heavy atom. The lowest BCUT2D eigenvalue weighted by molar-refractivity contribution is 0.343. The molecule has 100 valence electrons. The first-order valence-corrected chi connectivity index (χ1v) is 7.19. The van der Waals surface area contributed by atoms with Gasteiger partial charge in [-0.05, 0) is 75.9 Å². The highest BCUT2D eigenvalue weighted by molar-refractivity contribution is 6.30. The SMILES string of the molecule is Cc1cc(Cl)cc(C)c1NC(C)C1CCNCC1. The van der Waals surface area contributed by atoms with Crippen molar-refractivity contribution < 1.29 is 0 Å². The summed E-state index contributed by atoms with van der Waals surface area (Å²) in [5, 5.41) is 7.93. The van der Waals surface area contributed by atoms with Crippen molar-refractivity contribution in [3.8, 4) is 0 Å². The minimum Gasteiger partial charge on any atom is -0.382 e. The Morgan fingerprint density at radius 2 is 1.78 bits per heavy atom. The van der Waals surface area contributed by atoms with Crippen LogP contribution in [0.3, 0.4) is 0 Å². The molecule has 1 aromatic carbocycles. The summed E-state index contributed by atoms with van der Waals surface area (Å²) in [6, 6.07) is 4.59. The monoisotopic (exact) mass is 266 g/mol. The maximum absolute atomic E-state index is 6.07. The first-order chi connectivity index (χ1) is 8.58. The second-order valence-electron chi connectivity index (χ2n) is 5.44. The van der Waals surface area contributed by atoms with Crippen molar-refractivity contribution in [2.24, 2.45) is 5.92 Å². The molecule has 0 amide bonds. The van der Waals surface area contributed by atoms with E-state index in [1.54, 1.807) is 0 Å². The van der Waals surface area contributed by atoms with Gasteiger partial charge < -0.3 is 10.6 Å². The van der Waals surface area contributed by atoms with Crippen LogP contribution in [0.5, 0.6) is 0 Å². The average molecular weight is 267 g/mol. The van der Waals surface area contributed by atoms with Gasteiger partial charge in [0, 0.05) is 16.8 Å². The number of rotatable bonds is 3. The van der Waals surface area contributed by atoms with Crippen LogP contribution in [0.2, 0.25) is 5.02 Å². The second kappa shape index (κ2) is 5.94. The predicted molar refractivity (Wildman–Crippen MR) is 79.6 cm³/mol. The zero-order valence-corrected chi connectivity index (χ0v) is 12.3. The second-order valence-corrected chi connectivity index (χ2v) is 5.87. The molecule has 1 aromatic rings. The summed E-state index contributed by atoms with van der Waals surface area (Å²) >= 11 is 6.07. The lowest BCUT2D eigenvalue weighted by Crippen LogP contribution is -2.36. The highest BCUT2D eigenvalue weighted by Crippen LogP contribution is 2.27. The number of hydrogen-bond donors (Lipinski definition) is 2. The van der Waals surface area contributed by atoms with E-state index in [4.69, 9.17) is 11.6 Å². The standard InChI is InChI=1S/C15H23ClN2/c1-10-8-14(16)9-11(2)15(10)18-12(3)13-4-6-17-7-5-13/h8-9,12-13,17-18H,4-7H2,1-3H3. The Balaban J connectivity index is 2.08. The van der Waals surface area contributed by atoms with Crippen LogP contribution in [-0.4, -0.2) is 19.1 Å². The zero-order chi connectivity index (χ0) is 13.1. The smallest absolute Gasteiger partial charge is 0.0412 e. The number of aryl methyl sites for hydroxylation is 2. The van der Waals surface area contributed by atoms with Crippen molar-refractivity contribution in [1.82, 2.24) is 5.32 Å². The van der Waals surface area contributed by atoms with Crippen molar-refractivity contribution in [3.05, 3.63) is 28.3 Å². The summed E-state index contributed by atoms with van der Waals surface area (Å²) in [6.07, 6.45) is 2.53. The Bertz CT molecular complexity index is 388. The summed E-state index contributed by atoms with van der Waals surface area (Å²) in [6.45, 7) is 8.83. The van der Waals surface area contributed by atoms with Gasteiger partial charge in [0.25, 0.3) is 0 Å². The minimum absolute atomic E-state index is 0.519. The van der Waals surface area contributed by atoms with Crippen molar-refractivity contribution in [3.63, 3.8) is 0 Å². The van der Waals surface area contributed by atoms with Crippen LogP contribution in [-0.2, 0) is 0 Å². The van der Waals surface area contributed by atoms with Gasteiger partial charge in [-0.2, -0.15) is 0 Å². The molecular formula is C15H23ClN2. The molecule has 2 rings (SSSR count). The Kier molecular flexibility index (Phi) is 4.52. The summed E-state index contributed by atoms with van der Waals surface area (Å²) in [7, 11) is 0. The third kappa shape index (κ3) is 3.18. The van der Waals surface area contributed by atoms with Crippen LogP contribution >= 0.6 is 11.6 Å². The number of halogens is 1. The van der Waals surface area contributed by atoms with Gasteiger partial charge in [-0.3, -0.25) is 0 Å². The van der Waals surface area contributed by atoms with E-state index in [0.717, 1.165) is 24.0 Å². The summed E-state index contributed by atoms with van der Waals surface area (Å²) in [5.41, 5.74) is 3.73. The van der Waals surface area contributed by atoms with Gasteiger partial charge in [-0.25, -0.2) is 0 Å². The van der Waals surface area contributed by atoms with E-state index in [1.165, 1.54) is 29.7 Å². The Labute approximate surface area is 115 Å². The lowest BCUT2D eigenvalue weighted by atomic mass is 9.90. The normalized spacial score (nSPS) is 18.7. The molecule has 2 nitrogen and oxygen atoms in total. The molecule has 1 heterocycles. The van der Waals surface area contributed by atoms with E-state index >= 15 is 0 Å². The molecule has 0 radical (unpaired) electrons. The van der Waals surface area contributed by atoms with E-state index in [2.05, 4.69) is 31.4 Å². The number of hydrogen-bond acceptors (Lipinski definition) is 2. The molecule has 0 bridgehead atoms. The maximum atomic E-state index is 6.07. The molecule has 1 fully saturated rings. The Hall–Kier alpha value is -0.730. The molecule has 0 spiro atoms. The summed E-state index contributed by atoms with van der Waals surface area (Å²) in [4.78, 5) is 0. The van der Waals surface area contributed by atoms with E-state index in [9.17, 15) is 0 Å². The van der Waals surface area contributed by atoms with E-state index in [1.807, 2.05) is 12.1 Å². The van der Waals surface area contributed by atoms with Gasteiger partial charge in [-0.1, -0.05) is 11.6 Å². The average Bonchev–Trinajstić information content (AvgIpc) is 2.34. The number of nitrogens with one attached hydrogen (secondary N) is 2. The molecule has 2 N–H and O–H groups in total. The number of piperidine rings is 1. The predicted octanol–water partition coefficient (Wildman–Crippen LogP) is 3.76. The van der Waals surface area contributed by atoms with E-state index in [-0.39, 0.29) is 0 Å². The number of benzene rings is 1. The van der Waals surface area contributed by atoms with Gasteiger partial charge in [0.05, 0.1) is 0 Å². The van der Waals surface area contributed by atoms with Crippen LogP contribution in [0.25, 0.3) is 0 Å². The fraction of sp³-hybridized carbons (Fsp3) is 0.600. The summed E-state index contributed by atoms with van der Waals surface area (Å²) in [5.74, 6) is 0.765. The molecule has 1 aliphatic rings. The highest BCUT2D eigenvalue weighted by atomic mass is 35.5. The Morgan fingerprint density at radius 1 is 1.22 bits per heavy atom. The molecule has 0 aromatic heterocycles. The lowest BCUT2D eigenvalue weighted by Gasteiger charge is -2.30. The van der Waals surface area contributed by atoms with E-state index < -0.39 is 0 Å². The van der Waals surface area contributed by atoms with Crippen LogP contribution in [0.1, 0.15) is 30.9 Å². The zero-order valence-electron chi connectivity index (χ0n) is 11.5. The molecule has 0 saturated carbocycles. The van der Waals surface area contributed by atoms with Crippen molar-refractivity contribution in [2.75, 3.05) is 18.4 Å². The third-order valence-corrected chi connectivity index (χ3v) is 4.18. The first kappa shape index (κ1) is 13.7. The molecule has 0 aliphatic carbocycles. The van der Waals surface area contributed by atoms with Crippen molar-refractivity contribution in [1.29, 1.82) is 0 Å². The quantitative estimate of drug-likeness (QED) is 0.871. The van der Waals surface area contributed by atoms with Crippen LogP contribution in [0.4, 0.5) is 5.69 Å². The molecule has 1 atom stereocenters. The largest absolute Gasteiger partial charge is 0.382 e. The third-order valence-electron chi connectivity index (χ3n) is 3.96. The molecular weight excluding hydrogens is 244 g/mol. The fourth-order valence-corrected chi connectivity index (χ4v) is 3.16. The molecule has 1 aliphatic heterocycles. The number of anilines is 1. The molecule has 18 heavy (non-hydrogen) atoms. The van der Waals surface area contributed by atoms with Gasteiger partial charge in [-0.15, -0.1) is 0 Å². The van der Waals surface area contributed by atoms with Gasteiger partial charge in [0.2, 0.25) is 0 Å². The van der Waals surface area contributed by atoms with Gasteiger partial charge in [0.15, 0.2) is 0 Å². The van der Waals surface area contributed by atoms with Crippen molar-refractivity contribution in [2.45, 2.75) is 39.7 Å². The fourth-order valence-electron chi connectivity index (χ4n) is 2.83. The van der Waals surface area contributed by atoms with Crippen LogP contribution in [0, 0.1) is 19.8 Å². The van der Waals surface area contributed by atoms with E-state index in [0.29, 0.717) is 6.04 Å². The van der Waals surface area contributed by atoms with Gasteiger partial charge >= 0.3 is 0 Å². The molecule has 1 unspecified atom stereocenters. The van der Waals surface area contributed by atoms with Gasteiger partial charge in [0.1, 0.15) is 0 Å².